The molecule has 0 heterocycles. The van der Waals surface area contributed by atoms with Crippen LogP contribution in [0.4, 0.5) is 18.9 Å². The predicted octanol–water partition coefficient (Wildman–Crippen LogP) is 6.01. The Balaban J connectivity index is 1.68. The molecule has 3 unspecified atom stereocenters. The Bertz CT molecular complexity index is 1050. The predicted molar refractivity (Wildman–Crippen MR) is 124 cm³/mol. The second-order valence-corrected chi connectivity index (χ2v) is 9.93. The van der Waals surface area contributed by atoms with Crippen LogP contribution in [0, 0.1) is 5.92 Å². The standard InChI is InChI=1S/C20H15Cl5F3N3O2/c21-9-3-8(4-10(22)5-9)15-16(20(15,24)25)19(33)30-11-1-2-13(23)12(6-11)18(32)31-29-7-14(26)17(27)28/h1-6,14-17,29H,7H2,(H,30,33)(H,31,32). The van der Waals surface area contributed by atoms with Gasteiger partial charge in [-0.25, -0.2) is 18.6 Å². The molecule has 178 valence electrons. The number of hydrogen-bond donors (Lipinski definition) is 3. The zero-order valence-electron chi connectivity index (χ0n) is 16.3. The van der Waals surface area contributed by atoms with Crippen molar-refractivity contribution in [2.75, 3.05) is 11.9 Å². The lowest BCUT2D eigenvalue weighted by Crippen LogP contribution is -2.42. The van der Waals surface area contributed by atoms with E-state index in [2.05, 4.69) is 16.2 Å². The zero-order valence-corrected chi connectivity index (χ0v) is 20.1. The fraction of sp³-hybridized carbons (Fsp3) is 0.300. The minimum atomic E-state index is -3.19. The van der Waals surface area contributed by atoms with Crippen molar-refractivity contribution in [3.8, 4) is 0 Å². The molecule has 2 aromatic carbocycles. The molecule has 0 spiro atoms. The molecule has 0 radical (unpaired) electrons. The van der Waals surface area contributed by atoms with E-state index < -0.39 is 47.1 Å². The van der Waals surface area contributed by atoms with Gasteiger partial charge in [0.1, 0.15) is 4.33 Å². The fourth-order valence-electron chi connectivity index (χ4n) is 3.20. The number of carbonyl (C=O) groups excluding carboxylic acids is 2. The first kappa shape index (κ1) is 26.2. The van der Waals surface area contributed by atoms with E-state index in [0.717, 1.165) is 0 Å². The summed E-state index contributed by atoms with van der Waals surface area (Å²) in [5, 5.41) is 3.35. The van der Waals surface area contributed by atoms with Crippen LogP contribution in [-0.2, 0) is 4.79 Å². The average molecular weight is 564 g/mol. The third kappa shape index (κ3) is 6.18. The summed E-state index contributed by atoms with van der Waals surface area (Å²) in [5.74, 6) is -2.75. The molecule has 3 N–H and O–H groups in total. The summed E-state index contributed by atoms with van der Waals surface area (Å²) >= 11 is 30.7. The van der Waals surface area contributed by atoms with Crippen LogP contribution in [0.3, 0.4) is 0 Å². The summed E-state index contributed by atoms with van der Waals surface area (Å²) < 4.78 is 35.9. The van der Waals surface area contributed by atoms with E-state index in [1.54, 1.807) is 12.1 Å². The maximum atomic E-state index is 12.9. The third-order valence-electron chi connectivity index (χ3n) is 4.83. The van der Waals surface area contributed by atoms with Crippen LogP contribution in [0.1, 0.15) is 21.8 Å². The Morgan fingerprint density at radius 2 is 1.64 bits per heavy atom. The molecule has 13 heteroatoms. The van der Waals surface area contributed by atoms with Gasteiger partial charge in [0, 0.05) is 21.7 Å². The molecule has 0 aromatic heterocycles. The van der Waals surface area contributed by atoms with E-state index in [1.807, 2.05) is 0 Å². The lowest BCUT2D eigenvalue weighted by atomic mass is 10.1. The van der Waals surface area contributed by atoms with Crippen molar-refractivity contribution in [1.29, 1.82) is 0 Å². The number of nitrogens with one attached hydrogen (secondary N) is 3. The van der Waals surface area contributed by atoms with Crippen molar-refractivity contribution in [1.82, 2.24) is 10.9 Å². The number of hydrogen-bond acceptors (Lipinski definition) is 3. The molecule has 1 aliphatic carbocycles. The van der Waals surface area contributed by atoms with Gasteiger partial charge in [0.25, 0.3) is 12.3 Å². The van der Waals surface area contributed by atoms with Gasteiger partial charge >= 0.3 is 0 Å². The van der Waals surface area contributed by atoms with Crippen molar-refractivity contribution < 1.29 is 22.8 Å². The molecule has 1 saturated carbocycles. The Hall–Kier alpha value is -1.42. The summed E-state index contributed by atoms with van der Waals surface area (Å²) in [5.41, 5.74) is 4.83. The zero-order chi connectivity index (χ0) is 24.5. The second kappa shape index (κ2) is 10.5. The van der Waals surface area contributed by atoms with Crippen molar-refractivity contribution in [3.05, 3.63) is 62.6 Å². The molecule has 5 nitrogen and oxygen atoms in total. The summed E-state index contributed by atoms with van der Waals surface area (Å²) in [6, 6.07) is 8.80. The van der Waals surface area contributed by atoms with Gasteiger partial charge in [0.15, 0.2) is 6.17 Å². The largest absolute Gasteiger partial charge is 0.326 e. The Morgan fingerprint density at radius 3 is 2.24 bits per heavy atom. The third-order valence-corrected chi connectivity index (χ3v) is 6.54. The van der Waals surface area contributed by atoms with Gasteiger partial charge in [-0.3, -0.25) is 15.0 Å². The van der Waals surface area contributed by atoms with E-state index in [9.17, 15) is 22.8 Å². The van der Waals surface area contributed by atoms with Crippen molar-refractivity contribution in [3.63, 3.8) is 0 Å². The monoisotopic (exact) mass is 561 g/mol. The normalized spacial score (nSPS) is 19.8. The summed E-state index contributed by atoms with van der Waals surface area (Å²) in [6.07, 6.45) is -5.65. The average Bonchev–Trinajstić information content (AvgIpc) is 3.30. The quantitative estimate of drug-likeness (QED) is 0.272. The van der Waals surface area contributed by atoms with Gasteiger partial charge in [-0.05, 0) is 42.0 Å². The molecule has 1 aliphatic rings. The van der Waals surface area contributed by atoms with Crippen LogP contribution in [-0.4, -0.2) is 35.3 Å². The number of rotatable bonds is 8. The lowest BCUT2D eigenvalue weighted by Gasteiger charge is -2.12. The smallest absolute Gasteiger partial charge is 0.270 e. The number of amides is 2. The van der Waals surface area contributed by atoms with Gasteiger partial charge < -0.3 is 5.32 Å². The van der Waals surface area contributed by atoms with Gasteiger partial charge in [-0.15, -0.1) is 23.2 Å². The first-order valence-electron chi connectivity index (χ1n) is 9.31. The maximum Gasteiger partial charge on any atom is 0.270 e. The maximum absolute atomic E-state index is 12.9. The van der Waals surface area contributed by atoms with E-state index in [-0.39, 0.29) is 16.3 Å². The molecule has 1 fully saturated rings. The van der Waals surface area contributed by atoms with E-state index in [1.165, 1.54) is 24.3 Å². The van der Waals surface area contributed by atoms with Crippen molar-refractivity contribution in [2.45, 2.75) is 22.8 Å². The van der Waals surface area contributed by atoms with Crippen LogP contribution in [0.15, 0.2) is 36.4 Å². The number of alkyl halides is 5. The molecular formula is C20H15Cl5F3N3O2. The number of halogens is 8. The lowest BCUT2D eigenvalue weighted by molar-refractivity contribution is -0.117. The van der Waals surface area contributed by atoms with Crippen LogP contribution >= 0.6 is 58.0 Å². The highest BCUT2D eigenvalue weighted by Gasteiger charge is 2.67. The van der Waals surface area contributed by atoms with Crippen LogP contribution in [0.25, 0.3) is 0 Å². The number of benzene rings is 2. The SMILES string of the molecule is O=C(NNCC(F)C(F)F)c1cc(NC(=O)C2C(c3cc(Cl)cc(Cl)c3)C2(Cl)Cl)ccc1Cl. The number of hydrazine groups is 1. The highest BCUT2D eigenvalue weighted by molar-refractivity contribution is 6.53. The number of anilines is 1. The molecule has 0 bridgehead atoms. The number of carbonyl (C=O) groups is 2. The Kier molecular flexibility index (Phi) is 8.30. The van der Waals surface area contributed by atoms with Crippen LogP contribution in [0.2, 0.25) is 15.1 Å². The highest BCUT2D eigenvalue weighted by Crippen LogP contribution is 2.65. The first-order chi connectivity index (χ1) is 15.4. The molecule has 3 atom stereocenters. The molecular weight excluding hydrogens is 548 g/mol. The van der Waals surface area contributed by atoms with Crippen molar-refractivity contribution >= 4 is 75.5 Å². The first-order valence-corrected chi connectivity index (χ1v) is 11.2. The molecule has 2 amide bonds. The Labute approximate surface area is 211 Å². The molecule has 33 heavy (non-hydrogen) atoms. The van der Waals surface area contributed by atoms with Gasteiger partial charge in [-0.1, -0.05) is 34.8 Å². The Morgan fingerprint density at radius 1 is 1.00 bits per heavy atom. The molecule has 3 rings (SSSR count). The minimum absolute atomic E-state index is 0.0138. The van der Waals surface area contributed by atoms with E-state index in [4.69, 9.17) is 58.0 Å². The van der Waals surface area contributed by atoms with E-state index in [0.29, 0.717) is 15.6 Å². The van der Waals surface area contributed by atoms with E-state index >= 15 is 0 Å². The van der Waals surface area contributed by atoms with Gasteiger partial charge in [-0.2, -0.15) is 0 Å². The van der Waals surface area contributed by atoms with Crippen LogP contribution < -0.4 is 16.2 Å². The fourth-order valence-corrected chi connectivity index (χ4v) is 4.78. The van der Waals surface area contributed by atoms with Gasteiger partial charge in [0.2, 0.25) is 5.91 Å². The van der Waals surface area contributed by atoms with Crippen LogP contribution in [0.5, 0.6) is 0 Å². The topological polar surface area (TPSA) is 70.2 Å². The second-order valence-electron chi connectivity index (χ2n) is 7.20. The minimum Gasteiger partial charge on any atom is -0.326 e. The summed E-state index contributed by atoms with van der Waals surface area (Å²) in [6.45, 7) is -0.804. The van der Waals surface area contributed by atoms with Crippen molar-refractivity contribution in [2.24, 2.45) is 5.92 Å². The molecule has 0 aliphatic heterocycles. The molecule has 2 aromatic rings. The molecule has 0 saturated heterocycles. The summed E-state index contributed by atoms with van der Waals surface area (Å²) in [4.78, 5) is 25.1. The highest BCUT2D eigenvalue weighted by atomic mass is 35.5. The van der Waals surface area contributed by atoms with Gasteiger partial charge in [0.05, 0.1) is 23.0 Å². The summed E-state index contributed by atoms with van der Waals surface area (Å²) in [7, 11) is 0.